The van der Waals surface area contributed by atoms with Gasteiger partial charge in [-0.1, -0.05) is 0 Å². The van der Waals surface area contributed by atoms with Gasteiger partial charge in [-0.05, 0) is 13.0 Å². The van der Waals surface area contributed by atoms with Gasteiger partial charge in [-0.2, -0.15) is 0 Å². The molecule has 1 aromatic heterocycles. The molecule has 1 aromatic rings. The summed E-state index contributed by atoms with van der Waals surface area (Å²) in [5.74, 6) is 1.51. The van der Waals surface area contributed by atoms with Crippen LogP contribution in [0.15, 0.2) is 10.5 Å². The van der Waals surface area contributed by atoms with Crippen molar-refractivity contribution in [2.75, 3.05) is 24.6 Å². The number of hydrogen-bond donors (Lipinski definition) is 1. The first-order chi connectivity index (χ1) is 8.06. The van der Waals surface area contributed by atoms with Crippen LogP contribution in [0.25, 0.3) is 0 Å². The Labute approximate surface area is 102 Å². The molecule has 0 unspecified atom stereocenters. The third-order valence-corrected chi connectivity index (χ3v) is 4.12. The van der Waals surface area contributed by atoms with Crippen LogP contribution in [0.5, 0.6) is 0 Å². The molecule has 2 heterocycles. The minimum absolute atomic E-state index is 0.223. The summed E-state index contributed by atoms with van der Waals surface area (Å²) in [4.78, 5) is 13.0. The Bertz CT molecular complexity index is 444. The van der Waals surface area contributed by atoms with E-state index < -0.39 is 16.8 Å². The van der Waals surface area contributed by atoms with Gasteiger partial charge in [0.2, 0.25) is 0 Å². The molecule has 0 saturated carbocycles. The zero-order chi connectivity index (χ0) is 12.4. The summed E-state index contributed by atoms with van der Waals surface area (Å²) in [5.41, 5.74) is 0.223. The first kappa shape index (κ1) is 12.3. The maximum absolute atomic E-state index is 11.2. The van der Waals surface area contributed by atoms with E-state index in [1.807, 2.05) is 0 Å². The summed E-state index contributed by atoms with van der Waals surface area (Å²) in [6, 6.07) is 1.57. The maximum atomic E-state index is 11.2. The average molecular weight is 257 g/mol. The Kier molecular flexibility index (Phi) is 3.63. The van der Waals surface area contributed by atoms with Gasteiger partial charge >= 0.3 is 5.97 Å². The topological polar surface area (TPSA) is 70.8 Å². The van der Waals surface area contributed by atoms with E-state index >= 15 is 0 Å². The third kappa shape index (κ3) is 2.95. The molecular weight excluding hydrogens is 242 g/mol. The molecule has 5 nitrogen and oxygen atoms in total. The molecule has 0 amide bonds. The Balaban J connectivity index is 2.01. The first-order valence-corrected chi connectivity index (χ1v) is 6.95. The van der Waals surface area contributed by atoms with Gasteiger partial charge in [0.15, 0.2) is 0 Å². The number of carboxylic acid groups (broad SMARTS) is 1. The second-order valence-corrected chi connectivity index (χ2v) is 5.81. The standard InChI is InChI=1S/C11H15NO4S/c1-8-10(11(13)14)6-9(16-8)7-12-2-4-17(15)5-3-12/h6H,2-5,7H2,1H3,(H,13,14). The van der Waals surface area contributed by atoms with Gasteiger partial charge < -0.3 is 9.52 Å². The molecule has 94 valence electrons. The van der Waals surface area contributed by atoms with E-state index in [1.54, 1.807) is 13.0 Å². The fraction of sp³-hybridized carbons (Fsp3) is 0.545. The molecule has 1 aliphatic heterocycles. The Morgan fingerprint density at radius 2 is 2.18 bits per heavy atom. The molecule has 0 bridgehead atoms. The smallest absolute Gasteiger partial charge is 0.339 e. The van der Waals surface area contributed by atoms with Crippen LogP contribution in [0.3, 0.4) is 0 Å². The zero-order valence-corrected chi connectivity index (χ0v) is 10.5. The van der Waals surface area contributed by atoms with Crippen molar-refractivity contribution in [1.82, 2.24) is 4.90 Å². The van der Waals surface area contributed by atoms with E-state index in [4.69, 9.17) is 9.52 Å². The van der Waals surface area contributed by atoms with Crippen molar-refractivity contribution >= 4 is 16.8 Å². The number of aromatic carboxylic acids is 1. The second-order valence-electron chi connectivity index (χ2n) is 4.11. The van der Waals surface area contributed by atoms with E-state index in [0.29, 0.717) is 29.6 Å². The zero-order valence-electron chi connectivity index (χ0n) is 9.64. The minimum atomic E-state index is -0.961. The molecule has 2 rings (SSSR count). The van der Waals surface area contributed by atoms with Crippen LogP contribution in [0.1, 0.15) is 21.9 Å². The lowest BCUT2D eigenvalue weighted by Gasteiger charge is -2.24. The number of rotatable bonds is 3. The average Bonchev–Trinajstić information content (AvgIpc) is 2.63. The lowest BCUT2D eigenvalue weighted by atomic mass is 10.2. The van der Waals surface area contributed by atoms with E-state index in [9.17, 15) is 9.00 Å². The largest absolute Gasteiger partial charge is 0.478 e. The highest BCUT2D eigenvalue weighted by molar-refractivity contribution is 7.85. The van der Waals surface area contributed by atoms with Crippen molar-refractivity contribution in [3.05, 3.63) is 23.2 Å². The van der Waals surface area contributed by atoms with Gasteiger partial charge in [0, 0.05) is 35.4 Å². The molecule has 0 spiro atoms. The number of carboxylic acids is 1. The number of furan rings is 1. The van der Waals surface area contributed by atoms with Crippen molar-refractivity contribution in [1.29, 1.82) is 0 Å². The second kappa shape index (κ2) is 5.01. The molecule has 1 aliphatic rings. The van der Waals surface area contributed by atoms with Crippen molar-refractivity contribution in [3.8, 4) is 0 Å². The van der Waals surface area contributed by atoms with E-state index in [0.717, 1.165) is 13.1 Å². The predicted molar refractivity (Wildman–Crippen MR) is 63.6 cm³/mol. The van der Waals surface area contributed by atoms with Crippen LogP contribution in [0, 0.1) is 6.92 Å². The lowest BCUT2D eigenvalue weighted by Crippen LogP contribution is -2.37. The van der Waals surface area contributed by atoms with Crippen LogP contribution in [-0.4, -0.2) is 44.8 Å². The Hall–Kier alpha value is -1.14. The molecule has 17 heavy (non-hydrogen) atoms. The first-order valence-electron chi connectivity index (χ1n) is 5.46. The highest BCUT2D eigenvalue weighted by Crippen LogP contribution is 2.17. The quantitative estimate of drug-likeness (QED) is 0.869. The van der Waals surface area contributed by atoms with E-state index in [1.165, 1.54) is 0 Å². The summed E-state index contributed by atoms with van der Waals surface area (Å²) in [7, 11) is -0.692. The number of aryl methyl sites for hydroxylation is 1. The monoisotopic (exact) mass is 257 g/mol. The summed E-state index contributed by atoms with van der Waals surface area (Å²) < 4.78 is 16.6. The van der Waals surface area contributed by atoms with Crippen LogP contribution >= 0.6 is 0 Å². The molecule has 1 N–H and O–H groups in total. The molecule has 1 fully saturated rings. The fourth-order valence-electron chi connectivity index (χ4n) is 1.89. The molecule has 6 heteroatoms. The Morgan fingerprint density at radius 3 is 2.71 bits per heavy atom. The van der Waals surface area contributed by atoms with Crippen molar-refractivity contribution in [2.24, 2.45) is 0 Å². The summed E-state index contributed by atoms with van der Waals surface area (Å²) >= 11 is 0. The van der Waals surface area contributed by atoms with Crippen LogP contribution < -0.4 is 0 Å². The molecule has 0 aliphatic carbocycles. The van der Waals surface area contributed by atoms with E-state index in [2.05, 4.69) is 4.90 Å². The molecule has 0 atom stereocenters. The number of carbonyl (C=O) groups is 1. The van der Waals surface area contributed by atoms with Gasteiger partial charge in [0.25, 0.3) is 0 Å². The van der Waals surface area contributed by atoms with Gasteiger partial charge in [0.05, 0.1) is 6.54 Å². The van der Waals surface area contributed by atoms with Gasteiger partial charge in [-0.25, -0.2) is 4.79 Å². The van der Waals surface area contributed by atoms with E-state index in [-0.39, 0.29) is 5.56 Å². The number of hydrogen-bond acceptors (Lipinski definition) is 4. The SMILES string of the molecule is Cc1oc(CN2CCS(=O)CC2)cc1C(=O)O. The summed E-state index contributed by atoms with van der Waals surface area (Å²) in [5, 5.41) is 8.91. The minimum Gasteiger partial charge on any atom is -0.478 e. The molecule has 0 aromatic carbocycles. The highest BCUT2D eigenvalue weighted by atomic mass is 32.2. The fourth-order valence-corrected chi connectivity index (χ4v) is 3.02. The van der Waals surface area contributed by atoms with Gasteiger partial charge in [-0.3, -0.25) is 9.11 Å². The van der Waals surface area contributed by atoms with Crippen LogP contribution in [0.2, 0.25) is 0 Å². The Morgan fingerprint density at radius 1 is 1.53 bits per heavy atom. The molecule has 1 saturated heterocycles. The molecule has 0 radical (unpaired) electrons. The van der Waals surface area contributed by atoms with Crippen molar-refractivity contribution in [2.45, 2.75) is 13.5 Å². The summed E-state index contributed by atoms with van der Waals surface area (Å²) in [6.45, 7) is 3.78. The maximum Gasteiger partial charge on any atom is 0.339 e. The van der Waals surface area contributed by atoms with Crippen LogP contribution in [0.4, 0.5) is 0 Å². The number of nitrogens with zero attached hydrogens (tertiary/aromatic N) is 1. The lowest BCUT2D eigenvalue weighted by molar-refractivity contribution is 0.0695. The van der Waals surface area contributed by atoms with Crippen molar-refractivity contribution < 1.29 is 18.5 Å². The van der Waals surface area contributed by atoms with Gasteiger partial charge in [-0.15, -0.1) is 0 Å². The predicted octanol–water partition coefficient (Wildman–Crippen LogP) is 0.851. The van der Waals surface area contributed by atoms with Crippen LogP contribution in [-0.2, 0) is 17.3 Å². The third-order valence-electron chi connectivity index (χ3n) is 2.85. The molecular formula is C11H15NO4S. The van der Waals surface area contributed by atoms with Gasteiger partial charge in [0.1, 0.15) is 17.1 Å². The summed E-state index contributed by atoms with van der Waals surface area (Å²) in [6.07, 6.45) is 0. The highest BCUT2D eigenvalue weighted by Gasteiger charge is 2.19. The normalized spacial score (nSPS) is 18.4. The van der Waals surface area contributed by atoms with Crippen molar-refractivity contribution in [3.63, 3.8) is 0 Å².